The van der Waals surface area contributed by atoms with Crippen molar-refractivity contribution in [3.63, 3.8) is 0 Å². The van der Waals surface area contributed by atoms with E-state index in [1.54, 1.807) is 0 Å². The Kier molecular flexibility index (Phi) is 6.76. The molecule has 0 spiro atoms. The number of hydrogen-bond donors (Lipinski definition) is 2. The largest absolute Gasteiger partial charge is 0.399 e. The summed E-state index contributed by atoms with van der Waals surface area (Å²) in [7, 11) is 0. The Bertz CT molecular complexity index is 2200. The predicted octanol–water partition coefficient (Wildman–Crippen LogP) is 10.5. The lowest BCUT2D eigenvalue weighted by atomic mass is 9.85. The quantitative estimate of drug-likeness (QED) is 0.183. The summed E-state index contributed by atoms with van der Waals surface area (Å²) in [6.07, 6.45) is 3.56. The van der Waals surface area contributed by atoms with Crippen LogP contribution in [-0.4, -0.2) is 0 Å². The van der Waals surface area contributed by atoms with Gasteiger partial charge in [-0.3, -0.25) is 0 Å². The van der Waals surface area contributed by atoms with Gasteiger partial charge in [-0.25, -0.2) is 0 Å². The van der Waals surface area contributed by atoms with Crippen LogP contribution in [0.1, 0.15) is 44.5 Å². The molecule has 0 aliphatic heterocycles. The molecule has 7 aromatic rings. The molecule has 0 fully saturated rings. The first-order chi connectivity index (χ1) is 23.6. The summed E-state index contributed by atoms with van der Waals surface area (Å²) < 4.78 is 0. The molecule has 0 unspecified atom stereocenters. The highest BCUT2D eigenvalue weighted by atomic mass is 14.5. The summed E-state index contributed by atoms with van der Waals surface area (Å²) in [6.45, 7) is 0. The Morgan fingerprint density at radius 2 is 0.833 bits per heavy atom. The number of rotatable bonds is 6. The smallest absolute Gasteiger partial charge is 0.0316 e. The molecule has 2 aliphatic rings. The van der Waals surface area contributed by atoms with Crippen LogP contribution >= 0.6 is 0 Å². The van der Waals surface area contributed by atoms with Gasteiger partial charge in [0.2, 0.25) is 0 Å². The van der Waals surface area contributed by atoms with Crippen molar-refractivity contribution >= 4 is 11.4 Å². The van der Waals surface area contributed by atoms with Crippen LogP contribution in [-0.2, 0) is 25.7 Å². The maximum absolute atomic E-state index is 6.21. The lowest BCUT2D eigenvalue weighted by Crippen LogP contribution is -2.00. The fourth-order valence-corrected chi connectivity index (χ4v) is 8.18. The fraction of sp³-hybridized carbons (Fsp3) is 0.0870. The van der Waals surface area contributed by atoms with Crippen LogP contribution in [0, 0.1) is 0 Å². The SMILES string of the molecule is Nc1cccc(Cc2ccc3c(c2-c2ccc(-c4c(Cc5cccc(N)c5)ccc5c4Cc4ccccc4-5)cc2)Cc2ccccc2-3)c1. The first-order valence-electron chi connectivity index (χ1n) is 16.8. The maximum atomic E-state index is 6.21. The predicted molar refractivity (Wildman–Crippen MR) is 201 cm³/mol. The summed E-state index contributed by atoms with van der Waals surface area (Å²) in [6, 6.07) is 53.0. The van der Waals surface area contributed by atoms with E-state index in [0.717, 1.165) is 37.1 Å². The third-order valence-electron chi connectivity index (χ3n) is 10.3. The summed E-state index contributed by atoms with van der Waals surface area (Å²) in [5.41, 5.74) is 35.4. The van der Waals surface area contributed by atoms with Gasteiger partial charge in [-0.2, -0.15) is 0 Å². The molecule has 0 heterocycles. The van der Waals surface area contributed by atoms with Crippen LogP contribution in [0.3, 0.4) is 0 Å². The van der Waals surface area contributed by atoms with Gasteiger partial charge in [-0.1, -0.05) is 121 Å². The molecule has 0 saturated carbocycles. The molecule has 9 rings (SSSR count). The first kappa shape index (κ1) is 28.4. The number of benzene rings is 7. The maximum Gasteiger partial charge on any atom is 0.0316 e. The minimum atomic E-state index is 0.804. The Labute approximate surface area is 282 Å². The van der Waals surface area contributed by atoms with Crippen molar-refractivity contribution in [2.45, 2.75) is 25.7 Å². The Morgan fingerprint density at radius 3 is 1.27 bits per heavy atom. The van der Waals surface area contributed by atoms with Crippen LogP contribution in [0.2, 0.25) is 0 Å². The van der Waals surface area contributed by atoms with Gasteiger partial charge >= 0.3 is 0 Å². The average molecular weight is 617 g/mol. The van der Waals surface area contributed by atoms with Gasteiger partial charge in [0.25, 0.3) is 0 Å². The molecule has 2 heteroatoms. The summed E-state index contributed by atoms with van der Waals surface area (Å²) >= 11 is 0. The van der Waals surface area contributed by atoms with Crippen LogP contribution in [0.4, 0.5) is 11.4 Å². The standard InChI is InChI=1S/C46H36N2/c47-37-11-5-7-29(25-37)23-35-19-21-41-39-13-3-1-9-33(39)27-43(41)45(35)31-15-17-32(18-16-31)46-36(24-30-8-6-12-38(48)26-30)20-22-42-40-14-4-2-10-34(40)28-44(42)46/h1-22,25-26H,23-24,27-28,47-48H2. The van der Waals surface area contributed by atoms with Gasteiger partial charge in [-0.15, -0.1) is 0 Å². The minimum absolute atomic E-state index is 0.804. The molecule has 0 bridgehead atoms. The zero-order valence-electron chi connectivity index (χ0n) is 26.8. The van der Waals surface area contributed by atoms with Gasteiger partial charge in [0.05, 0.1) is 0 Å². The number of nitrogens with two attached hydrogens (primary N) is 2. The van der Waals surface area contributed by atoms with Crippen molar-refractivity contribution in [3.05, 3.63) is 190 Å². The third-order valence-corrected chi connectivity index (χ3v) is 10.3. The average Bonchev–Trinajstić information content (AvgIpc) is 3.67. The lowest BCUT2D eigenvalue weighted by molar-refractivity contribution is 1.17. The van der Waals surface area contributed by atoms with Crippen LogP contribution in [0.15, 0.2) is 146 Å². The Hall–Kier alpha value is -5.86. The Balaban J connectivity index is 1.17. The Morgan fingerprint density at radius 1 is 0.396 bits per heavy atom. The van der Waals surface area contributed by atoms with Gasteiger partial charge in [-0.05, 0) is 139 Å². The summed E-state index contributed by atoms with van der Waals surface area (Å²) in [5.74, 6) is 0. The number of nitrogen functional groups attached to an aromatic ring is 2. The second-order valence-electron chi connectivity index (χ2n) is 13.3. The molecule has 0 saturated heterocycles. The molecule has 2 aliphatic carbocycles. The molecule has 7 aromatic carbocycles. The zero-order valence-corrected chi connectivity index (χ0v) is 26.8. The summed E-state index contributed by atoms with van der Waals surface area (Å²) in [4.78, 5) is 0. The van der Waals surface area contributed by atoms with E-state index in [1.165, 1.54) is 89.0 Å². The van der Waals surface area contributed by atoms with Crippen molar-refractivity contribution < 1.29 is 0 Å². The van der Waals surface area contributed by atoms with E-state index in [0.29, 0.717) is 0 Å². The lowest BCUT2D eigenvalue weighted by Gasteiger charge is -2.19. The van der Waals surface area contributed by atoms with Gasteiger partial charge in [0.15, 0.2) is 0 Å². The molecule has 0 radical (unpaired) electrons. The topological polar surface area (TPSA) is 52.0 Å². The number of anilines is 2. The first-order valence-corrected chi connectivity index (χ1v) is 16.8. The molecule has 0 atom stereocenters. The molecule has 230 valence electrons. The minimum Gasteiger partial charge on any atom is -0.399 e. The van der Waals surface area contributed by atoms with E-state index in [2.05, 4.69) is 133 Å². The highest BCUT2D eigenvalue weighted by Gasteiger charge is 2.26. The third kappa shape index (κ3) is 4.89. The normalized spacial score (nSPS) is 12.3. The highest BCUT2D eigenvalue weighted by molar-refractivity contribution is 5.89. The van der Waals surface area contributed by atoms with Gasteiger partial charge in [0.1, 0.15) is 0 Å². The highest BCUT2D eigenvalue weighted by Crippen LogP contribution is 2.46. The van der Waals surface area contributed by atoms with Crippen LogP contribution in [0.5, 0.6) is 0 Å². The second-order valence-corrected chi connectivity index (χ2v) is 13.3. The number of hydrogen-bond acceptors (Lipinski definition) is 2. The van der Waals surface area contributed by atoms with Crippen molar-refractivity contribution in [2.24, 2.45) is 0 Å². The molecule has 48 heavy (non-hydrogen) atoms. The molecule has 0 aromatic heterocycles. The van der Waals surface area contributed by atoms with Gasteiger partial charge in [0, 0.05) is 11.4 Å². The summed E-state index contributed by atoms with van der Waals surface area (Å²) in [5, 5.41) is 0. The van der Waals surface area contributed by atoms with Crippen molar-refractivity contribution in [1.82, 2.24) is 0 Å². The fourth-order valence-electron chi connectivity index (χ4n) is 8.18. The molecule has 2 nitrogen and oxygen atoms in total. The van der Waals surface area contributed by atoms with E-state index in [-0.39, 0.29) is 0 Å². The van der Waals surface area contributed by atoms with E-state index >= 15 is 0 Å². The van der Waals surface area contributed by atoms with E-state index in [1.807, 2.05) is 12.1 Å². The molecular weight excluding hydrogens is 581 g/mol. The molecule has 0 amide bonds. The zero-order chi connectivity index (χ0) is 32.2. The van der Waals surface area contributed by atoms with E-state index in [4.69, 9.17) is 11.5 Å². The van der Waals surface area contributed by atoms with Crippen LogP contribution in [0.25, 0.3) is 44.5 Å². The monoisotopic (exact) mass is 616 g/mol. The second kappa shape index (κ2) is 11.4. The van der Waals surface area contributed by atoms with Gasteiger partial charge < -0.3 is 11.5 Å². The van der Waals surface area contributed by atoms with E-state index < -0.39 is 0 Å². The molecule has 4 N–H and O–H groups in total. The molecular formula is C46H36N2. The van der Waals surface area contributed by atoms with Crippen molar-refractivity contribution in [3.8, 4) is 44.5 Å². The van der Waals surface area contributed by atoms with Crippen LogP contribution < -0.4 is 11.5 Å². The van der Waals surface area contributed by atoms with E-state index in [9.17, 15) is 0 Å². The van der Waals surface area contributed by atoms with Crippen molar-refractivity contribution in [1.29, 1.82) is 0 Å². The number of fused-ring (bicyclic) bond motifs is 6. The van der Waals surface area contributed by atoms with Crippen molar-refractivity contribution in [2.75, 3.05) is 11.5 Å².